The number of aryl methyl sites for hydroxylation is 1. The number of rotatable bonds is 7. The van der Waals surface area contributed by atoms with Crippen LogP contribution in [-0.2, 0) is 4.79 Å². The van der Waals surface area contributed by atoms with Crippen molar-refractivity contribution >= 4 is 34.9 Å². The number of anilines is 1. The van der Waals surface area contributed by atoms with Crippen LogP contribution in [0.3, 0.4) is 0 Å². The number of benzene rings is 2. The first kappa shape index (κ1) is 25.2. The molecule has 38 heavy (non-hydrogen) atoms. The second-order valence-corrected chi connectivity index (χ2v) is 9.54. The summed E-state index contributed by atoms with van der Waals surface area (Å²) in [5.74, 6) is -1.19. The van der Waals surface area contributed by atoms with Crippen molar-refractivity contribution in [1.29, 1.82) is 0 Å². The van der Waals surface area contributed by atoms with Gasteiger partial charge in [-0.05, 0) is 74.1 Å². The fourth-order valence-corrected chi connectivity index (χ4v) is 5.40. The largest absolute Gasteiger partial charge is 0.478 e. The lowest BCUT2D eigenvalue weighted by Crippen LogP contribution is -2.37. The molecule has 1 fully saturated rings. The Balaban J connectivity index is 1.57. The number of carbonyl (C=O) groups excluding carboxylic acids is 1. The summed E-state index contributed by atoms with van der Waals surface area (Å²) in [6.07, 6.45) is 1.73. The van der Waals surface area contributed by atoms with E-state index in [2.05, 4.69) is 15.6 Å². The quantitative estimate of drug-likeness (QED) is 0.298. The van der Waals surface area contributed by atoms with Gasteiger partial charge in [-0.3, -0.25) is 9.78 Å². The van der Waals surface area contributed by atoms with Crippen LogP contribution in [0.15, 0.2) is 85.1 Å². The molecule has 3 heterocycles. The van der Waals surface area contributed by atoms with Crippen LogP contribution in [0.2, 0.25) is 0 Å². The standard InChI is InChI=1S/C29H27N5O3S/c1-18-16-22(19(2)34(18)24-14-7-6-12-21(24)28(36)37)27-26(23-13-8-9-15-30-23)32-29(38)33(27)17-25(35)31-20-10-4-3-5-11-20/h3-16,26-27H,17H2,1-2H3,(H,31,35)(H,32,38)(H,36,37)/t26-,27-/m1/s1. The molecule has 8 nitrogen and oxygen atoms in total. The van der Waals surface area contributed by atoms with Crippen molar-refractivity contribution in [1.82, 2.24) is 19.8 Å². The molecule has 1 saturated heterocycles. The molecule has 9 heteroatoms. The van der Waals surface area contributed by atoms with Crippen LogP contribution in [0, 0.1) is 13.8 Å². The highest BCUT2D eigenvalue weighted by Crippen LogP contribution is 2.41. The van der Waals surface area contributed by atoms with Gasteiger partial charge < -0.3 is 25.2 Å². The van der Waals surface area contributed by atoms with Crippen molar-refractivity contribution < 1.29 is 14.7 Å². The van der Waals surface area contributed by atoms with Crippen LogP contribution >= 0.6 is 12.2 Å². The number of pyridine rings is 1. The minimum absolute atomic E-state index is 0.0319. The van der Waals surface area contributed by atoms with E-state index < -0.39 is 5.97 Å². The predicted octanol–water partition coefficient (Wildman–Crippen LogP) is 4.80. The second kappa shape index (κ2) is 10.5. The number of thiocarbonyl (C=S) groups is 1. The van der Waals surface area contributed by atoms with E-state index in [0.29, 0.717) is 16.5 Å². The number of carboxylic acids is 1. The number of carboxylic acid groups (broad SMARTS) is 1. The van der Waals surface area contributed by atoms with Crippen LogP contribution in [-0.4, -0.2) is 43.1 Å². The Morgan fingerprint density at radius 1 is 1.03 bits per heavy atom. The van der Waals surface area contributed by atoms with E-state index in [-0.39, 0.29) is 30.1 Å². The van der Waals surface area contributed by atoms with Gasteiger partial charge in [-0.25, -0.2) is 4.79 Å². The highest BCUT2D eigenvalue weighted by Gasteiger charge is 2.42. The Kier molecular flexibility index (Phi) is 6.93. The van der Waals surface area contributed by atoms with Gasteiger partial charge in [-0.15, -0.1) is 0 Å². The first-order valence-corrected chi connectivity index (χ1v) is 12.6. The molecule has 1 aliphatic heterocycles. The van der Waals surface area contributed by atoms with E-state index in [1.165, 1.54) is 0 Å². The van der Waals surface area contributed by atoms with Gasteiger partial charge in [0, 0.05) is 23.3 Å². The number of aromatic nitrogens is 2. The molecule has 1 aliphatic rings. The number of carbonyl (C=O) groups is 2. The third kappa shape index (κ3) is 4.76. The van der Waals surface area contributed by atoms with E-state index in [4.69, 9.17) is 12.2 Å². The van der Waals surface area contributed by atoms with Gasteiger partial charge in [0.05, 0.1) is 29.0 Å². The van der Waals surface area contributed by atoms with Crippen molar-refractivity contribution in [2.24, 2.45) is 0 Å². The molecule has 0 unspecified atom stereocenters. The molecule has 0 aliphatic carbocycles. The van der Waals surface area contributed by atoms with Gasteiger partial charge in [0.1, 0.15) is 6.54 Å². The van der Waals surface area contributed by atoms with Crippen molar-refractivity contribution in [3.63, 3.8) is 0 Å². The number of hydrogen-bond acceptors (Lipinski definition) is 4. The molecular formula is C29H27N5O3S. The zero-order chi connectivity index (χ0) is 26.8. The fourth-order valence-electron chi connectivity index (χ4n) is 5.10. The summed E-state index contributed by atoms with van der Waals surface area (Å²) in [4.78, 5) is 31.5. The van der Waals surface area contributed by atoms with Crippen LogP contribution in [0.4, 0.5) is 5.69 Å². The molecule has 2 aromatic carbocycles. The lowest BCUT2D eigenvalue weighted by atomic mass is 9.96. The van der Waals surface area contributed by atoms with E-state index in [9.17, 15) is 14.7 Å². The number of amides is 1. The Bertz CT molecular complexity index is 1500. The van der Waals surface area contributed by atoms with Crippen LogP contribution in [0.5, 0.6) is 0 Å². The molecule has 3 N–H and O–H groups in total. The summed E-state index contributed by atoms with van der Waals surface area (Å²) < 4.78 is 1.94. The smallest absolute Gasteiger partial charge is 0.337 e. The first-order valence-electron chi connectivity index (χ1n) is 12.2. The minimum atomic E-state index is -0.996. The molecule has 5 rings (SSSR count). The normalized spacial score (nSPS) is 16.8. The Morgan fingerprint density at radius 3 is 2.45 bits per heavy atom. The zero-order valence-corrected chi connectivity index (χ0v) is 21.8. The van der Waals surface area contributed by atoms with Gasteiger partial charge in [0.15, 0.2) is 5.11 Å². The van der Waals surface area contributed by atoms with E-state index in [1.807, 2.05) is 84.0 Å². The first-order chi connectivity index (χ1) is 18.3. The van der Waals surface area contributed by atoms with Crippen molar-refractivity contribution in [3.8, 4) is 5.69 Å². The van der Waals surface area contributed by atoms with Crippen LogP contribution in [0.25, 0.3) is 5.69 Å². The molecule has 0 radical (unpaired) electrons. The maximum absolute atomic E-state index is 13.1. The lowest BCUT2D eigenvalue weighted by molar-refractivity contribution is -0.116. The monoisotopic (exact) mass is 525 g/mol. The minimum Gasteiger partial charge on any atom is -0.478 e. The summed E-state index contributed by atoms with van der Waals surface area (Å²) in [5, 5.41) is 16.6. The van der Waals surface area contributed by atoms with Crippen molar-refractivity contribution in [3.05, 3.63) is 113 Å². The molecule has 2 aromatic heterocycles. The molecular weight excluding hydrogens is 498 g/mol. The van der Waals surface area contributed by atoms with Crippen molar-refractivity contribution in [2.45, 2.75) is 25.9 Å². The molecule has 4 aromatic rings. The number of hydrogen-bond donors (Lipinski definition) is 3. The molecule has 1 amide bonds. The maximum atomic E-state index is 13.1. The van der Waals surface area contributed by atoms with Crippen molar-refractivity contribution in [2.75, 3.05) is 11.9 Å². The summed E-state index contributed by atoms with van der Waals surface area (Å²) in [6.45, 7) is 3.93. The second-order valence-electron chi connectivity index (χ2n) is 9.15. The van der Waals surface area contributed by atoms with E-state index >= 15 is 0 Å². The predicted molar refractivity (Wildman–Crippen MR) is 149 cm³/mol. The number of nitrogens with zero attached hydrogens (tertiary/aromatic N) is 3. The fraction of sp³-hybridized carbons (Fsp3) is 0.172. The molecule has 192 valence electrons. The number of nitrogens with one attached hydrogen (secondary N) is 2. The number of para-hydroxylation sites is 2. The molecule has 0 saturated carbocycles. The maximum Gasteiger partial charge on any atom is 0.337 e. The molecule has 0 bridgehead atoms. The summed E-state index contributed by atoms with van der Waals surface area (Å²) in [7, 11) is 0. The third-order valence-electron chi connectivity index (χ3n) is 6.73. The summed E-state index contributed by atoms with van der Waals surface area (Å²) >= 11 is 5.73. The average Bonchev–Trinajstić information content (AvgIpc) is 3.39. The van der Waals surface area contributed by atoms with E-state index in [1.54, 1.807) is 24.4 Å². The van der Waals surface area contributed by atoms with Crippen LogP contribution < -0.4 is 10.6 Å². The summed E-state index contributed by atoms with van der Waals surface area (Å²) in [5.41, 5.74) is 4.95. The lowest BCUT2D eigenvalue weighted by Gasteiger charge is -2.27. The molecule has 2 atom stereocenters. The number of aromatic carboxylic acids is 1. The highest BCUT2D eigenvalue weighted by atomic mass is 32.1. The van der Waals surface area contributed by atoms with Gasteiger partial charge in [-0.2, -0.15) is 0 Å². The van der Waals surface area contributed by atoms with E-state index in [0.717, 1.165) is 22.6 Å². The van der Waals surface area contributed by atoms with Gasteiger partial charge in [0.2, 0.25) is 5.91 Å². The molecule has 0 spiro atoms. The topological polar surface area (TPSA) is 99.5 Å². The van der Waals surface area contributed by atoms with Gasteiger partial charge in [0.25, 0.3) is 0 Å². The Morgan fingerprint density at radius 2 is 1.74 bits per heavy atom. The highest BCUT2D eigenvalue weighted by molar-refractivity contribution is 7.80. The SMILES string of the molecule is Cc1cc([C@@H]2[C@@H](c3ccccn3)NC(=S)N2CC(=O)Nc2ccccc2)c(C)n1-c1ccccc1C(=O)O. The van der Waals surface area contributed by atoms with Crippen LogP contribution in [0.1, 0.15) is 45.1 Å². The zero-order valence-electron chi connectivity index (χ0n) is 21.0. The third-order valence-corrected chi connectivity index (χ3v) is 7.09. The van der Waals surface area contributed by atoms with Gasteiger partial charge in [-0.1, -0.05) is 36.4 Å². The Hall–Kier alpha value is -4.50. The van der Waals surface area contributed by atoms with Gasteiger partial charge >= 0.3 is 5.97 Å². The summed E-state index contributed by atoms with van der Waals surface area (Å²) in [6, 6.07) is 23.3. The average molecular weight is 526 g/mol. The Labute approximate surface area is 225 Å².